The van der Waals surface area contributed by atoms with Gasteiger partial charge < -0.3 is 18.9 Å². The maximum Gasteiger partial charge on any atom is 0.214 e. The molecule has 6 nitrogen and oxygen atoms in total. The number of halogens is 1. The van der Waals surface area contributed by atoms with Crippen LogP contribution in [0.3, 0.4) is 0 Å². The molecule has 7 heteroatoms. The van der Waals surface area contributed by atoms with Gasteiger partial charge in [-0.3, -0.25) is 10.2 Å². The highest BCUT2D eigenvalue weighted by atomic mass is 79.9. The van der Waals surface area contributed by atoms with Crippen molar-refractivity contribution in [1.29, 1.82) is 5.41 Å². The van der Waals surface area contributed by atoms with E-state index in [-0.39, 0.29) is 18.3 Å². The van der Waals surface area contributed by atoms with Crippen molar-refractivity contribution in [1.82, 2.24) is 0 Å². The zero-order valence-corrected chi connectivity index (χ0v) is 14.9. The Balaban J connectivity index is 1.81. The van der Waals surface area contributed by atoms with Gasteiger partial charge in [-0.2, -0.15) is 0 Å². The van der Waals surface area contributed by atoms with Crippen molar-refractivity contribution in [2.45, 2.75) is 12.7 Å². The molecule has 2 heterocycles. The SMILES string of the molecule is COc1ccc2c(c1)C(=O)C(=N)C(c1cc(Br)cc3c1OCOC3)O2. The molecule has 0 amide bonds. The monoisotopic (exact) mass is 403 g/mol. The van der Waals surface area contributed by atoms with Crippen LogP contribution >= 0.6 is 15.9 Å². The molecule has 2 aromatic carbocycles. The Bertz CT molecular complexity index is 895. The molecule has 0 saturated carbocycles. The lowest BCUT2D eigenvalue weighted by Gasteiger charge is -2.29. The number of Topliss-reactive ketones (excluding diaryl/α,β-unsaturated/α-hetero) is 1. The fraction of sp³-hybridized carbons (Fsp3) is 0.222. The Kier molecular flexibility index (Phi) is 3.97. The van der Waals surface area contributed by atoms with Gasteiger partial charge in [0.25, 0.3) is 0 Å². The highest BCUT2D eigenvalue weighted by Gasteiger charge is 2.36. The van der Waals surface area contributed by atoms with Crippen LogP contribution in [0, 0.1) is 5.41 Å². The second kappa shape index (κ2) is 6.16. The molecule has 128 valence electrons. The van der Waals surface area contributed by atoms with Crippen LogP contribution in [0.1, 0.15) is 27.6 Å². The second-order valence-electron chi connectivity index (χ2n) is 5.70. The maximum absolute atomic E-state index is 12.7. The molecular formula is C18H14BrNO5. The lowest BCUT2D eigenvalue weighted by molar-refractivity contribution is -0.0178. The zero-order valence-electron chi connectivity index (χ0n) is 13.3. The highest BCUT2D eigenvalue weighted by Crippen LogP contribution is 2.41. The number of ether oxygens (including phenoxy) is 4. The van der Waals surface area contributed by atoms with E-state index >= 15 is 0 Å². The van der Waals surface area contributed by atoms with E-state index in [9.17, 15) is 4.79 Å². The minimum Gasteiger partial charge on any atom is -0.497 e. The van der Waals surface area contributed by atoms with Crippen molar-refractivity contribution in [3.05, 3.63) is 51.5 Å². The van der Waals surface area contributed by atoms with Crippen molar-refractivity contribution >= 4 is 27.4 Å². The molecule has 25 heavy (non-hydrogen) atoms. The number of carbonyl (C=O) groups excluding carboxylic acids is 1. The lowest BCUT2D eigenvalue weighted by Crippen LogP contribution is -2.32. The Morgan fingerprint density at radius 2 is 2.12 bits per heavy atom. The number of hydrogen-bond donors (Lipinski definition) is 1. The average molecular weight is 404 g/mol. The van der Waals surface area contributed by atoms with Gasteiger partial charge in [0.1, 0.15) is 23.0 Å². The number of benzene rings is 2. The first-order valence-corrected chi connectivity index (χ1v) is 8.38. The summed E-state index contributed by atoms with van der Waals surface area (Å²) in [7, 11) is 1.53. The normalized spacial score (nSPS) is 18.7. The summed E-state index contributed by atoms with van der Waals surface area (Å²) < 4.78 is 22.9. The van der Waals surface area contributed by atoms with Crippen molar-refractivity contribution in [2.24, 2.45) is 0 Å². The third-order valence-corrected chi connectivity index (χ3v) is 4.63. The van der Waals surface area contributed by atoms with Gasteiger partial charge in [0.2, 0.25) is 5.78 Å². The Hall–Kier alpha value is -2.38. The third kappa shape index (κ3) is 2.69. The molecule has 2 aromatic rings. The van der Waals surface area contributed by atoms with Crippen LogP contribution in [0.5, 0.6) is 17.2 Å². The summed E-state index contributed by atoms with van der Waals surface area (Å²) in [6.45, 7) is 0.535. The molecule has 0 aliphatic carbocycles. The summed E-state index contributed by atoms with van der Waals surface area (Å²) in [5, 5.41) is 8.32. The topological polar surface area (TPSA) is 77.8 Å². The highest BCUT2D eigenvalue weighted by molar-refractivity contribution is 9.10. The van der Waals surface area contributed by atoms with Crippen molar-refractivity contribution < 1.29 is 23.7 Å². The van der Waals surface area contributed by atoms with E-state index in [0.29, 0.717) is 35.0 Å². The first-order valence-electron chi connectivity index (χ1n) is 7.59. The van der Waals surface area contributed by atoms with Crippen LogP contribution in [0.2, 0.25) is 0 Å². The van der Waals surface area contributed by atoms with Gasteiger partial charge in [0, 0.05) is 15.6 Å². The van der Waals surface area contributed by atoms with E-state index in [1.165, 1.54) is 7.11 Å². The van der Waals surface area contributed by atoms with Crippen LogP contribution in [0.25, 0.3) is 0 Å². The Morgan fingerprint density at radius 1 is 1.28 bits per heavy atom. The number of nitrogens with one attached hydrogen (secondary N) is 1. The van der Waals surface area contributed by atoms with Gasteiger partial charge in [-0.25, -0.2) is 0 Å². The van der Waals surface area contributed by atoms with Crippen molar-refractivity contribution in [3.63, 3.8) is 0 Å². The summed E-state index contributed by atoms with van der Waals surface area (Å²) in [6.07, 6.45) is -0.835. The van der Waals surface area contributed by atoms with Gasteiger partial charge >= 0.3 is 0 Å². The van der Waals surface area contributed by atoms with Crippen LogP contribution in [-0.4, -0.2) is 25.4 Å². The number of ketones is 1. The number of rotatable bonds is 2. The molecule has 0 saturated heterocycles. The number of hydrogen-bond acceptors (Lipinski definition) is 6. The van der Waals surface area contributed by atoms with Crippen LogP contribution in [0.4, 0.5) is 0 Å². The van der Waals surface area contributed by atoms with Gasteiger partial charge in [-0.15, -0.1) is 0 Å². The molecule has 0 radical (unpaired) electrons. The van der Waals surface area contributed by atoms with E-state index < -0.39 is 6.10 Å². The molecule has 0 bridgehead atoms. The average Bonchev–Trinajstić information content (AvgIpc) is 2.63. The standard InChI is InChI=1S/C18H14BrNO5/c1-22-11-2-3-14-12(6-11)16(21)15(20)18(25-14)13-5-10(19)4-9-7-23-8-24-17(9)13/h2-6,18,20H,7-8H2,1H3. The third-order valence-electron chi connectivity index (χ3n) is 4.17. The van der Waals surface area contributed by atoms with E-state index in [1.54, 1.807) is 18.2 Å². The summed E-state index contributed by atoms with van der Waals surface area (Å²) in [4.78, 5) is 12.7. The second-order valence-corrected chi connectivity index (χ2v) is 6.61. The molecular weight excluding hydrogens is 390 g/mol. The Morgan fingerprint density at radius 3 is 2.92 bits per heavy atom. The first-order chi connectivity index (χ1) is 12.1. The molecule has 2 aliphatic rings. The summed E-state index contributed by atoms with van der Waals surface area (Å²) in [5.74, 6) is 1.19. The predicted octanol–water partition coefficient (Wildman–Crippen LogP) is 3.66. The number of methoxy groups -OCH3 is 1. The molecule has 4 rings (SSSR count). The number of carbonyl (C=O) groups is 1. The first kappa shape index (κ1) is 16.1. The van der Waals surface area contributed by atoms with E-state index in [0.717, 1.165) is 10.0 Å². The molecule has 1 N–H and O–H groups in total. The van der Waals surface area contributed by atoms with Gasteiger partial charge in [0.05, 0.1) is 19.3 Å². The van der Waals surface area contributed by atoms with E-state index in [2.05, 4.69) is 15.9 Å². The fourth-order valence-electron chi connectivity index (χ4n) is 2.99. The van der Waals surface area contributed by atoms with Crippen LogP contribution in [-0.2, 0) is 11.3 Å². The number of fused-ring (bicyclic) bond motifs is 2. The van der Waals surface area contributed by atoms with E-state index in [4.69, 9.17) is 24.4 Å². The maximum atomic E-state index is 12.7. The lowest BCUT2D eigenvalue weighted by atomic mass is 9.92. The van der Waals surface area contributed by atoms with Gasteiger partial charge in [0.15, 0.2) is 12.9 Å². The zero-order chi connectivity index (χ0) is 17.6. The smallest absolute Gasteiger partial charge is 0.214 e. The molecule has 1 atom stereocenters. The minimum absolute atomic E-state index is 0.128. The van der Waals surface area contributed by atoms with Gasteiger partial charge in [-0.1, -0.05) is 15.9 Å². The van der Waals surface area contributed by atoms with Gasteiger partial charge in [-0.05, 0) is 30.3 Å². The van der Waals surface area contributed by atoms with Crippen molar-refractivity contribution in [2.75, 3.05) is 13.9 Å². The quantitative estimate of drug-likeness (QED) is 0.827. The molecule has 1 unspecified atom stereocenters. The predicted molar refractivity (Wildman–Crippen MR) is 92.8 cm³/mol. The van der Waals surface area contributed by atoms with Crippen molar-refractivity contribution in [3.8, 4) is 17.2 Å². The molecule has 0 spiro atoms. The minimum atomic E-state index is -0.835. The van der Waals surface area contributed by atoms with Crippen LogP contribution in [0.15, 0.2) is 34.8 Å². The largest absolute Gasteiger partial charge is 0.497 e. The Labute approximate surface area is 152 Å². The fourth-order valence-corrected chi connectivity index (χ4v) is 3.51. The summed E-state index contributed by atoms with van der Waals surface area (Å²) in [6, 6.07) is 8.69. The molecule has 0 fully saturated rings. The van der Waals surface area contributed by atoms with Crippen LogP contribution < -0.4 is 14.2 Å². The van der Waals surface area contributed by atoms with E-state index in [1.807, 2.05) is 12.1 Å². The molecule has 2 aliphatic heterocycles. The summed E-state index contributed by atoms with van der Waals surface area (Å²) >= 11 is 3.45. The molecule has 0 aromatic heterocycles. The summed E-state index contributed by atoms with van der Waals surface area (Å²) in [5.41, 5.74) is 1.66.